The van der Waals surface area contributed by atoms with Crippen LogP contribution in [0.4, 0.5) is 4.79 Å². The van der Waals surface area contributed by atoms with Crippen molar-refractivity contribution in [3.8, 4) is 0 Å². The number of rotatable bonds is 6. The van der Waals surface area contributed by atoms with E-state index in [9.17, 15) is 9.59 Å². The Balaban J connectivity index is 3.93. The van der Waals surface area contributed by atoms with Gasteiger partial charge < -0.3 is 9.84 Å². The first-order valence-corrected chi connectivity index (χ1v) is 4.85. The van der Waals surface area contributed by atoms with E-state index in [0.29, 0.717) is 13.1 Å². The lowest BCUT2D eigenvalue weighted by atomic mass is 10.4. The van der Waals surface area contributed by atoms with E-state index < -0.39 is 12.0 Å². The summed E-state index contributed by atoms with van der Waals surface area (Å²) in [7, 11) is 1.19. The molecule has 0 fully saturated rings. The van der Waals surface area contributed by atoms with Crippen LogP contribution in [0.2, 0.25) is 0 Å². The molecular formula is C9H18N2O4. The highest BCUT2D eigenvalue weighted by atomic mass is 16.5. The number of alkyl carbamates (subject to hydrolysis) is 1. The highest BCUT2D eigenvalue weighted by molar-refractivity contribution is 5.92. The van der Waals surface area contributed by atoms with Gasteiger partial charge in [-0.3, -0.25) is 15.0 Å². The zero-order chi connectivity index (χ0) is 11.7. The van der Waals surface area contributed by atoms with Gasteiger partial charge in [-0.15, -0.1) is 0 Å². The molecule has 0 rings (SSSR count). The Morgan fingerprint density at radius 1 is 1.40 bits per heavy atom. The molecule has 0 aliphatic heterocycles. The van der Waals surface area contributed by atoms with Crippen LogP contribution < -0.4 is 5.32 Å². The fourth-order valence-electron chi connectivity index (χ4n) is 1.14. The second-order valence-corrected chi connectivity index (χ2v) is 3.04. The number of nitrogens with zero attached hydrogens (tertiary/aromatic N) is 1. The van der Waals surface area contributed by atoms with Gasteiger partial charge in [-0.05, 0) is 13.0 Å². The van der Waals surface area contributed by atoms with Gasteiger partial charge >= 0.3 is 6.09 Å². The number of aliphatic hydroxyl groups excluding tert-OH is 1. The van der Waals surface area contributed by atoms with Crippen LogP contribution in [0, 0.1) is 0 Å². The standard InChI is InChI=1S/C9H18N2O4/c1-3-4-11(5-6-12)7-8(13)10-9(14)15-2/h12H,3-7H2,1-2H3,(H,10,13,14). The second-order valence-electron chi connectivity index (χ2n) is 3.04. The molecule has 0 bridgehead atoms. The van der Waals surface area contributed by atoms with Crippen LogP contribution in [-0.2, 0) is 9.53 Å². The number of aliphatic hydroxyl groups is 1. The summed E-state index contributed by atoms with van der Waals surface area (Å²) in [5, 5.41) is 10.8. The summed E-state index contributed by atoms with van der Waals surface area (Å²) in [5.74, 6) is -0.427. The summed E-state index contributed by atoms with van der Waals surface area (Å²) in [4.78, 5) is 23.7. The average molecular weight is 218 g/mol. The van der Waals surface area contributed by atoms with E-state index in [2.05, 4.69) is 10.1 Å². The van der Waals surface area contributed by atoms with Crippen molar-refractivity contribution in [2.45, 2.75) is 13.3 Å². The average Bonchev–Trinajstić information content (AvgIpc) is 2.18. The lowest BCUT2D eigenvalue weighted by Crippen LogP contribution is -2.41. The minimum Gasteiger partial charge on any atom is -0.453 e. The first kappa shape index (κ1) is 13.9. The van der Waals surface area contributed by atoms with E-state index >= 15 is 0 Å². The lowest BCUT2D eigenvalue weighted by molar-refractivity contribution is -0.121. The minimum atomic E-state index is -0.763. The highest BCUT2D eigenvalue weighted by Crippen LogP contribution is 1.90. The predicted molar refractivity (Wildman–Crippen MR) is 54.4 cm³/mol. The maximum absolute atomic E-state index is 11.2. The highest BCUT2D eigenvalue weighted by Gasteiger charge is 2.11. The molecular weight excluding hydrogens is 200 g/mol. The molecule has 2 amide bonds. The van der Waals surface area contributed by atoms with Gasteiger partial charge in [0.2, 0.25) is 5.91 Å². The van der Waals surface area contributed by atoms with Crippen molar-refractivity contribution in [1.29, 1.82) is 0 Å². The molecule has 0 aromatic carbocycles. The van der Waals surface area contributed by atoms with E-state index in [1.54, 1.807) is 4.90 Å². The predicted octanol–water partition coefficient (Wildman–Crippen LogP) is -0.427. The number of nitrogens with one attached hydrogen (secondary N) is 1. The monoisotopic (exact) mass is 218 g/mol. The van der Waals surface area contributed by atoms with Crippen LogP contribution in [0.3, 0.4) is 0 Å². The SMILES string of the molecule is CCCN(CCO)CC(=O)NC(=O)OC. The van der Waals surface area contributed by atoms with Gasteiger partial charge in [0.15, 0.2) is 0 Å². The molecule has 0 atom stereocenters. The summed E-state index contributed by atoms with van der Waals surface area (Å²) in [6, 6.07) is 0. The molecule has 2 N–H and O–H groups in total. The molecule has 15 heavy (non-hydrogen) atoms. The molecule has 0 heterocycles. The van der Waals surface area contributed by atoms with Gasteiger partial charge in [0.25, 0.3) is 0 Å². The first-order valence-electron chi connectivity index (χ1n) is 4.85. The fraction of sp³-hybridized carbons (Fsp3) is 0.778. The zero-order valence-corrected chi connectivity index (χ0v) is 9.15. The molecule has 88 valence electrons. The van der Waals surface area contributed by atoms with Crippen LogP contribution in [0.5, 0.6) is 0 Å². The van der Waals surface area contributed by atoms with Crippen molar-refractivity contribution < 1.29 is 19.4 Å². The molecule has 0 aliphatic carbocycles. The smallest absolute Gasteiger partial charge is 0.413 e. The summed E-state index contributed by atoms with van der Waals surface area (Å²) in [6.45, 7) is 3.18. The van der Waals surface area contributed by atoms with Gasteiger partial charge in [0, 0.05) is 6.54 Å². The van der Waals surface area contributed by atoms with E-state index in [1.165, 1.54) is 7.11 Å². The third kappa shape index (κ3) is 6.87. The number of hydrogen-bond acceptors (Lipinski definition) is 5. The fourth-order valence-corrected chi connectivity index (χ4v) is 1.14. The van der Waals surface area contributed by atoms with E-state index in [0.717, 1.165) is 6.42 Å². The molecule has 0 saturated heterocycles. The molecule has 0 saturated carbocycles. The largest absolute Gasteiger partial charge is 0.453 e. The quantitative estimate of drug-likeness (QED) is 0.632. The maximum atomic E-state index is 11.2. The third-order valence-electron chi connectivity index (χ3n) is 1.75. The Morgan fingerprint density at radius 3 is 2.53 bits per heavy atom. The first-order chi connectivity index (χ1) is 7.13. The Bertz CT molecular complexity index is 202. The number of ether oxygens (including phenoxy) is 1. The Labute approximate surface area is 89.2 Å². The molecule has 0 aromatic heterocycles. The lowest BCUT2D eigenvalue weighted by Gasteiger charge is -2.19. The summed E-state index contributed by atoms with van der Waals surface area (Å²) in [6.07, 6.45) is 0.117. The zero-order valence-electron chi connectivity index (χ0n) is 9.15. The van der Waals surface area contributed by atoms with Gasteiger partial charge in [-0.1, -0.05) is 6.92 Å². The Kier molecular flexibility index (Phi) is 7.57. The minimum absolute atomic E-state index is 0.00843. The van der Waals surface area contributed by atoms with Crippen LogP contribution >= 0.6 is 0 Å². The second kappa shape index (κ2) is 8.19. The number of imide groups is 1. The van der Waals surface area contributed by atoms with Crippen molar-refractivity contribution in [2.24, 2.45) is 0 Å². The van der Waals surface area contributed by atoms with Crippen molar-refractivity contribution in [1.82, 2.24) is 10.2 Å². The summed E-state index contributed by atoms with van der Waals surface area (Å²) < 4.78 is 4.28. The van der Waals surface area contributed by atoms with Crippen molar-refractivity contribution in [3.05, 3.63) is 0 Å². The number of hydrogen-bond donors (Lipinski definition) is 2. The van der Waals surface area contributed by atoms with Crippen LogP contribution in [0.1, 0.15) is 13.3 Å². The summed E-state index contributed by atoms with van der Waals surface area (Å²) >= 11 is 0. The molecule has 0 radical (unpaired) electrons. The van der Waals surface area contributed by atoms with Crippen molar-refractivity contribution in [3.63, 3.8) is 0 Å². The maximum Gasteiger partial charge on any atom is 0.413 e. The summed E-state index contributed by atoms with van der Waals surface area (Å²) in [5.41, 5.74) is 0. The van der Waals surface area contributed by atoms with Crippen molar-refractivity contribution in [2.75, 3.05) is 33.4 Å². The Morgan fingerprint density at radius 2 is 2.07 bits per heavy atom. The van der Waals surface area contributed by atoms with Gasteiger partial charge in [-0.2, -0.15) is 0 Å². The normalized spacial score (nSPS) is 10.1. The molecule has 0 aromatic rings. The molecule has 0 aliphatic rings. The van der Waals surface area contributed by atoms with Gasteiger partial charge in [-0.25, -0.2) is 4.79 Å². The number of methoxy groups -OCH3 is 1. The third-order valence-corrected chi connectivity index (χ3v) is 1.75. The number of carbonyl (C=O) groups is 2. The van der Waals surface area contributed by atoms with E-state index in [1.807, 2.05) is 6.92 Å². The van der Waals surface area contributed by atoms with Crippen LogP contribution in [0.25, 0.3) is 0 Å². The van der Waals surface area contributed by atoms with Crippen LogP contribution in [-0.4, -0.2) is 55.4 Å². The number of carbonyl (C=O) groups excluding carboxylic acids is 2. The topological polar surface area (TPSA) is 78.9 Å². The van der Waals surface area contributed by atoms with Crippen LogP contribution in [0.15, 0.2) is 0 Å². The molecule has 6 nitrogen and oxygen atoms in total. The molecule has 0 spiro atoms. The molecule has 0 unspecified atom stereocenters. The van der Waals surface area contributed by atoms with Gasteiger partial charge in [0.1, 0.15) is 0 Å². The Hall–Kier alpha value is -1.14. The van der Waals surface area contributed by atoms with E-state index in [-0.39, 0.29) is 13.2 Å². The molecule has 6 heteroatoms. The van der Waals surface area contributed by atoms with Gasteiger partial charge in [0.05, 0.1) is 20.3 Å². The number of amides is 2. The van der Waals surface area contributed by atoms with Crippen molar-refractivity contribution >= 4 is 12.0 Å². The van der Waals surface area contributed by atoms with E-state index in [4.69, 9.17) is 5.11 Å².